The van der Waals surface area contributed by atoms with Crippen LogP contribution >= 0.6 is 22.6 Å². The Balaban J connectivity index is 1.91. The highest BCUT2D eigenvalue weighted by molar-refractivity contribution is 14.1. The normalized spacial score (nSPS) is 21.6. The molecule has 1 aliphatic carbocycles. The lowest BCUT2D eigenvalue weighted by molar-refractivity contribution is -0.143. The highest BCUT2D eigenvalue weighted by atomic mass is 127. The van der Waals surface area contributed by atoms with Gasteiger partial charge in [-0.25, -0.2) is 9.18 Å². The molecule has 0 radical (unpaired) electrons. The number of carboxylic acids is 1. The summed E-state index contributed by atoms with van der Waals surface area (Å²) in [6, 6.07) is 3.57. The molecule has 0 spiro atoms. The number of hydrogen-bond donors (Lipinski definition) is 3. The minimum Gasteiger partial charge on any atom is -0.481 e. The average molecular weight is 406 g/mol. The van der Waals surface area contributed by atoms with Crippen LogP contribution in [0.1, 0.15) is 25.7 Å². The van der Waals surface area contributed by atoms with E-state index in [2.05, 4.69) is 10.6 Å². The molecule has 0 saturated heterocycles. The van der Waals surface area contributed by atoms with Gasteiger partial charge in [0.25, 0.3) is 0 Å². The number of rotatable bonds is 3. The van der Waals surface area contributed by atoms with Crippen LogP contribution in [-0.4, -0.2) is 23.1 Å². The zero-order valence-electron chi connectivity index (χ0n) is 11.2. The van der Waals surface area contributed by atoms with Crippen LogP contribution in [0.25, 0.3) is 0 Å². The predicted octanol–water partition coefficient (Wildman–Crippen LogP) is 3.20. The summed E-state index contributed by atoms with van der Waals surface area (Å²) in [5, 5.41) is 14.5. The summed E-state index contributed by atoms with van der Waals surface area (Å²) in [5.74, 6) is -1.56. The van der Waals surface area contributed by atoms with Crippen molar-refractivity contribution < 1.29 is 19.1 Å². The second-order valence-electron chi connectivity index (χ2n) is 5.12. The average Bonchev–Trinajstić information content (AvgIpc) is 2.42. The van der Waals surface area contributed by atoms with Gasteiger partial charge in [-0.3, -0.25) is 4.79 Å². The molecule has 2 unspecified atom stereocenters. The third-order valence-corrected chi connectivity index (χ3v) is 4.43. The van der Waals surface area contributed by atoms with Crippen molar-refractivity contribution in [1.29, 1.82) is 0 Å². The van der Waals surface area contributed by atoms with Crippen LogP contribution in [0.3, 0.4) is 0 Å². The maximum absolute atomic E-state index is 13.0. The highest BCUT2D eigenvalue weighted by Crippen LogP contribution is 2.25. The summed E-state index contributed by atoms with van der Waals surface area (Å²) < 4.78 is 13.6. The van der Waals surface area contributed by atoms with Crippen LogP contribution < -0.4 is 10.6 Å². The van der Waals surface area contributed by atoms with E-state index < -0.39 is 17.9 Å². The van der Waals surface area contributed by atoms with Crippen molar-refractivity contribution in [3.63, 3.8) is 0 Å². The molecule has 2 amide bonds. The second-order valence-corrected chi connectivity index (χ2v) is 6.28. The molecule has 2 atom stereocenters. The smallest absolute Gasteiger partial charge is 0.319 e. The molecule has 1 aromatic rings. The van der Waals surface area contributed by atoms with Gasteiger partial charge in [0.15, 0.2) is 0 Å². The van der Waals surface area contributed by atoms with Crippen molar-refractivity contribution in [1.82, 2.24) is 5.32 Å². The first-order valence-corrected chi connectivity index (χ1v) is 7.79. The summed E-state index contributed by atoms with van der Waals surface area (Å²) in [7, 11) is 0. The predicted molar refractivity (Wildman–Crippen MR) is 84.7 cm³/mol. The van der Waals surface area contributed by atoms with Crippen LogP contribution in [0.4, 0.5) is 14.9 Å². The van der Waals surface area contributed by atoms with Crippen LogP contribution in [0.15, 0.2) is 18.2 Å². The Bertz CT molecular complexity index is 553. The first kappa shape index (κ1) is 16.0. The van der Waals surface area contributed by atoms with Gasteiger partial charge >= 0.3 is 12.0 Å². The number of anilines is 1. The minimum atomic E-state index is -0.810. The lowest BCUT2D eigenvalue weighted by Crippen LogP contribution is -2.42. The first-order chi connectivity index (χ1) is 9.95. The summed E-state index contributed by atoms with van der Waals surface area (Å²) >= 11 is 1.94. The number of hydrogen-bond acceptors (Lipinski definition) is 2. The molecule has 7 heteroatoms. The minimum absolute atomic E-state index is 0.141. The number of aliphatic carboxylic acids is 1. The zero-order valence-corrected chi connectivity index (χ0v) is 13.4. The number of carboxylic acid groups (broad SMARTS) is 1. The van der Waals surface area contributed by atoms with Crippen molar-refractivity contribution in [3.8, 4) is 0 Å². The van der Waals surface area contributed by atoms with Gasteiger partial charge in [0.2, 0.25) is 0 Å². The SMILES string of the molecule is O=C(Nc1ccc(F)cc1I)NC1CCCC(C(=O)O)C1. The van der Waals surface area contributed by atoms with Crippen molar-refractivity contribution in [3.05, 3.63) is 27.6 Å². The van der Waals surface area contributed by atoms with Crippen molar-refractivity contribution in [2.24, 2.45) is 5.92 Å². The van der Waals surface area contributed by atoms with E-state index in [1.807, 2.05) is 22.6 Å². The molecular formula is C14H16FIN2O3. The summed E-state index contributed by atoms with van der Waals surface area (Å²) in [6.07, 6.45) is 2.67. The lowest BCUT2D eigenvalue weighted by Gasteiger charge is -2.27. The third-order valence-electron chi connectivity index (χ3n) is 3.54. The molecule has 1 aliphatic rings. The molecule has 1 fully saturated rings. The Kier molecular flexibility index (Phi) is 5.38. The topological polar surface area (TPSA) is 78.4 Å². The fourth-order valence-corrected chi connectivity index (χ4v) is 3.09. The van der Waals surface area contributed by atoms with Gasteiger partial charge in [0, 0.05) is 9.61 Å². The molecule has 1 aromatic carbocycles. The summed E-state index contributed by atoms with van der Waals surface area (Å²) in [5.41, 5.74) is 0.528. The van der Waals surface area contributed by atoms with Crippen LogP contribution in [0.2, 0.25) is 0 Å². The molecule has 1 saturated carbocycles. The maximum atomic E-state index is 13.0. The number of amides is 2. The van der Waals surface area contributed by atoms with E-state index >= 15 is 0 Å². The maximum Gasteiger partial charge on any atom is 0.319 e. The largest absolute Gasteiger partial charge is 0.481 e. The van der Waals surface area contributed by atoms with Crippen molar-refractivity contribution >= 4 is 40.3 Å². The van der Waals surface area contributed by atoms with Gasteiger partial charge < -0.3 is 15.7 Å². The van der Waals surface area contributed by atoms with E-state index in [4.69, 9.17) is 5.11 Å². The van der Waals surface area contributed by atoms with Gasteiger partial charge in [0.05, 0.1) is 11.6 Å². The molecule has 0 bridgehead atoms. The number of urea groups is 1. The molecular weight excluding hydrogens is 390 g/mol. The van der Waals surface area contributed by atoms with Crippen LogP contribution in [-0.2, 0) is 4.79 Å². The van der Waals surface area contributed by atoms with Crippen LogP contribution in [0, 0.1) is 15.3 Å². The highest BCUT2D eigenvalue weighted by Gasteiger charge is 2.27. The first-order valence-electron chi connectivity index (χ1n) is 6.71. The zero-order chi connectivity index (χ0) is 15.4. The van der Waals surface area contributed by atoms with Crippen molar-refractivity contribution in [2.75, 3.05) is 5.32 Å². The monoisotopic (exact) mass is 406 g/mol. The molecule has 0 aliphatic heterocycles. The van der Waals surface area contributed by atoms with Crippen molar-refractivity contribution in [2.45, 2.75) is 31.7 Å². The molecule has 3 N–H and O–H groups in total. The van der Waals surface area contributed by atoms with E-state index in [1.54, 1.807) is 0 Å². The van der Waals surface area contributed by atoms with E-state index in [1.165, 1.54) is 18.2 Å². The Morgan fingerprint density at radius 3 is 2.76 bits per heavy atom. The Morgan fingerprint density at radius 2 is 2.10 bits per heavy atom. The lowest BCUT2D eigenvalue weighted by atomic mass is 9.86. The molecule has 0 aromatic heterocycles. The standard InChI is InChI=1S/C14H16FIN2O3/c15-9-4-5-12(11(16)7-9)18-14(21)17-10-3-1-2-8(6-10)13(19)20/h4-5,7-8,10H,1-3,6H2,(H,19,20)(H2,17,18,21). The number of carbonyl (C=O) groups excluding carboxylic acids is 1. The molecule has 114 valence electrons. The van der Waals surface area contributed by atoms with E-state index in [0.29, 0.717) is 22.1 Å². The van der Waals surface area contributed by atoms with Gasteiger partial charge in [-0.1, -0.05) is 6.42 Å². The quantitative estimate of drug-likeness (QED) is 0.675. The van der Waals surface area contributed by atoms with Gasteiger partial charge in [-0.2, -0.15) is 0 Å². The molecule has 2 rings (SSSR count). The van der Waals surface area contributed by atoms with Gasteiger partial charge in [-0.05, 0) is 60.1 Å². The van der Waals surface area contributed by atoms with E-state index in [-0.39, 0.29) is 11.9 Å². The van der Waals surface area contributed by atoms with Gasteiger partial charge in [-0.15, -0.1) is 0 Å². The van der Waals surface area contributed by atoms with E-state index in [9.17, 15) is 14.0 Å². The fourth-order valence-electron chi connectivity index (χ4n) is 2.48. The van der Waals surface area contributed by atoms with E-state index in [0.717, 1.165) is 12.8 Å². The molecule has 21 heavy (non-hydrogen) atoms. The molecule has 5 nitrogen and oxygen atoms in total. The summed E-state index contributed by atoms with van der Waals surface area (Å²) in [6.45, 7) is 0. The third kappa shape index (κ3) is 4.55. The Morgan fingerprint density at radius 1 is 1.33 bits per heavy atom. The fraction of sp³-hybridized carbons (Fsp3) is 0.429. The van der Waals surface area contributed by atoms with Crippen LogP contribution in [0.5, 0.6) is 0 Å². The second kappa shape index (κ2) is 7.06. The number of carbonyl (C=O) groups is 2. The number of benzene rings is 1. The summed E-state index contributed by atoms with van der Waals surface area (Å²) in [4.78, 5) is 22.9. The van der Waals surface area contributed by atoms with Gasteiger partial charge in [0.1, 0.15) is 5.82 Å². The molecule has 0 heterocycles. The number of halogens is 2. The Hall–Kier alpha value is -1.38. The number of nitrogens with one attached hydrogen (secondary N) is 2. The Labute approximate surface area is 135 Å².